The number of aromatic nitrogens is 20. The lowest BCUT2D eigenvalue weighted by Crippen LogP contribution is -2.50. The Hall–Kier alpha value is -14.0. The van der Waals surface area contributed by atoms with Crippen molar-refractivity contribution in [3.63, 3.8) is 0 Å². The van der Waals surface area contributed by atoms with E-state index in [0.29, 0.717) is 94.7 Å². The number of rotatable bonds is 20. The third-order valence-electron chi connectivity index (χ3n) is 27.3. The van der Waals surface area contributed by atoms with E-state index in [-0.39, 0.29) is 47.8 Å². The number of likely N-dealkylation sites (N-methyl/N-ethyl adjacent to an activating group) is 4. The van der Waals surface area contributed by atoms with Crippen LogP contribution >= 0.6 is 0 Å². The number of hydrogen-bond donors (Lipinski definition) is 12. The highest BCUT2D eigenvalue weighted by molar-refractivity contribution is 6.05. The Bertz CT molecular complexity index is 6320. The van der Waals surface area contributed by atoms with Crippen LogP contribution in [0.3, 0.4) is 0 Å². The summed E-state index contributed by atoms with van der Waals surface area (Å²) in [6.07, 6.45) is 25.8. The Morgan fingerprint density at radius 3 is 0.697 bits per heavy atom. The molecule has 132 heavy (non-hydrogen) atoms. The van der Waals surface area contributed by atoms with Gasteiger partial charge in [0, 0.05) is 198 Å². The highest BCUT2D eigenvalue weighted by Gasteiger charge is 2.39. The number of aliphatic hydroxyl groups excluding tert-OH is 4. The Morgan fingerprint density at radius 2 is 0.523 bits per heavy atom. The maximum Gasteiger partial charge on any atom is 0.257 e. The lowest BCUT2D eigenvalue weighted by molar-refractivity contribution is 0.0448. The second-order valence-corrected chi connectivity index (χ2v) is 36.0. The molecule has 16 aromatic rings. The minimum Gasteiger partial charge on any atom is -0.391 e. The number of fused-ring (bicyclic) bond motifs is 8. The molecule has 40 nitrogen and oxygen atoms in total. The maximum absolute atomic E-state index is 12.9. The molecular formula is C92H104N32O8. The molecule has 0 aromatic carbocycles. The van der Waals surface area contributed by atoms with E-state index >= 15 is 0 Å². The Kier molecular flexibility index (Phi) is 22.1. The molecule has 4 saturated carbocycles. The van der Waals surface area contributed by atoms with Crippen molar-refractivity contribution in [2.24, 2.45) is 0 Å². The van der Waals surface area contributed by atoms with Gasteiger partial charge in [0.15, 0.2) is 22.6 Å². The van der Waals surface area contributed by atoms with Crippen molar-refractivity contribution in [3.05, 3.63) is 169 Å². The number of amides is 4. The number of hydrogen-bond acceptors (Lipinski definition) is 28. The van der Waals surface area contributed by atoms with Crippen LogP contribution in [0, 0.1) is 0 Å². The summed E-state index contributed by atoms with van der Waals surface area (Å²) in [5, 5.41) is 85.4. The molecule has 0 radical (unpaired) electrons. The summed E-state index contributed by atoms with van der Waals surface area (Å²) in [4.78, 5) is 99.0. The molecule has 16 aromatic heterocycles. The molecule has 24 rings (SSSR count). The predicted octanol–water partition coefficient (Wildman–Crippen LogP) is 6.11. The first kappa shape index (κ1) is 84.8. The zero-order valence-corrected chi connectivity index (χ0v) is 74.3. The van der Waals surface area contributed by atoms with Crippen molar-refractivity contribution in [2.45, 2.75) is 124 Å². The molecule has 20 heterocycles. The van der Waals surface area contributed by atoms with Gasteiger partial charge in [0.2, 0.25) is 0 Å². The summed E-state index contributed by atoms with van der Waals surface area (Å²) < 4.78 is 15.5. The molecule has 4 aliphatic carbocycles. The van der Waals surface area contributed by atoms with E-state index in [4.69, 9.17) is 19.9 Å². The number of anilines is 4. The number of carbonyl (C=O) groups excluding carboxylic acids is 4. The molecule has 680 valence electrons. The van der Waals surface area contributed by atoms with Crippen LogP contribution in [0.2, 0.25) is 0 Å². The van der Waals surface area contributed by atoms with Gasteiger partial charge in [-0.25, -0.2) is 39.9 Å². The van der Waals surface area contributed by atoms with Crippen molar-refractivity contribution in [1.29, 1.82) is 0 Å². The Balaban J connectivity index is 0.000000106. The fourth-order valence-electron chi connectivity index (χ4n) is 19.0. The molecule has 4 aliphatic heterocycles. The van der Waals surface area contributed by atoms with Crippen molar-refractivity contribution >= 4 is 114 Å². The van der Waals surface area contributed by atoms with E-state index in [1.165, 1.54) is 24.8 Å². The van der Waals surface area contributed by atoms with Crippen LogP contribution in [-0.2, 0) is 0 Å². The minimum absolute atomic E-state index is 0.218. The van der Waals surface area contributed by atoms with E-state index < -0.39 is 24.4 Å². The van der Waals surface area contributed by atoms with Gasteiger partial charge in [0.1, 0.15) is 68.1 Å². The summed E-state index contributed by atoms with van der Waals surface area (Å²) in [5.41, 5.74) is 14.0. The SMILES string of the molecule is CNc1cc(-c2cn(C3CN(C)C3)c3ncccc23)nc2c(C(=O)NC3CC[C@@H]3O)cnn12.CNc1cc(-c2cn(C3CN(C)C3)c3ncccc23)nc2c(C(=O)N[C@@H]3CC[C@@H]3O)cnn12.CNc1cc(-c2cn(C3CN(C)C3)c3ncccc23)nc2c(C(=O)N[C@H]3CC[C@@H]3O)cnn12.CNc1cc(-c2cn(C3CN(C)C3)c3ncccc23)nc2c(C(=O)N[C@H]3CC[C@H]3O)cnn12. The van der Waals surface area contributed by atoms with Gasteiger partial charge in [-0.05, 0) is 128 Å². The van der Waals surface area contributed by atoms with E-state index in [1.807, 2.05) is 102 Å². The van der Waals surface area contributed by atoms with Gasteiger partial charge < -0.3 is 101 Å². The van der Waals surface area contributed by atoms with Gasteiger partial charge >= 0.3 is 0 Å². The molecule has 8 atom stereocenters. The average Bonchev–Trinajstić information content (AvgIpc) is 1.61. The van der Waals surface area contributed by atoms with Crippen molar-refractivity contribution in [2.75, 3.05) is 130 Å². The second kappa shape index (κ2) is 34.4. The predicted molar refractivity (Wildman–Crippen MR) is 497 cm³/mol. The van der Waals surface area contributed by atoms with Crippen LogP contribution in [0.25, 0.3) is 112 Å². The largest absolute Gasteiger partial charge is 0.391 e. The minimum atomic E-state index is -0.489. The van der Waals surface area contributed by atoms with Gasteiger partial charge in [0.25, 0.3) is 23.6 Å². The third-order valence-corrected chi connectivity index (χ3v) is 27.3. The zero-order chi connectivity index (χ0) is 90.8. The molecule has 0 spiro atoms. The lowest BCUT2D eigenvalue weighted by atomic mass is 9.89. The van der Waals surface area contributed by atoms with Crippen LogP contribution in [0.5, 0.6) is 0 Å². The Labute approximate surface area is 755 Å². The fraction of sp³-hybridized carbons (Fsp3) is 0.391. The lowest BCUT2D eigenvalue weighted by Gasteiger charge is -2.37. The average molecular weight is 1790 g/mol. The van der Waals surface area contributed by atoms with Gasteiger partial charge in [-0.1, -0.05) is 0 Å². The molecule has 1 unspecified atom stereocenters. The number of carbonyl (C=O) groups is 4. The van der Waals surface area contributed by atoms with E-state index in [0.717, 1.165) is 190 Å². The summed E-state index contributed by atoms with van der Waals surface area (Å²) in [6.45, 7) is 7.84. The number of pyridine rings is 4. The zero-order valence-electron chi connectivity index (χ0n) is 74.3. The number of aliphatic hydroxyl groups is 4. The molecule has 4 amide bonds. The standard InChI is InChI=1S/4C23H26N8O2/c4*1-24-20-8-18(16-12-30(13-10-29(2)11-13)21-14(16)4-3-7-25-21)27-22-15(9-26-31(20)22)23(33)28-17-5-6-19(17)32/h4*3-4,7-9,12-13,17,19,24,32H,5-6,10-11H2,1-2H3,(H,28,33)/t17?,19-;2*17-,19+;17-,19-/m0100/s1. The number of likely N-dealkylation sites (tertiary alicyclic amines) is 4. The number of nitrogens with zero attached hydrogens (tertiary/aromatic N) is 24. The van der Waals surface area contributed by atoms with Crippen LogP contribution in [0.4, 0.5) is 23.3 Å². The van der Waals surface area contributed by atoms with Gasteiger partial charge in [-0.3, -0.25) is 19.2 Å². The second-order valence-electron chi connectivity index (χ2n) is 36.0. The molecule has 4 saturated heterocycles. The molecule has 40 heteroatoms. The summed E-state index contributed by atoms with van der Waals surface area (Å²) in [5.74, 6) is 1.81. The summed E-state index contributed by atoms with van der Waals surface area (Å²) >= 11 is 0. The Morgan fingerprint density at radius 1 is 0.311 bits per heavy atom. The van der Waals surface area contributed by atoms with Crippen molar-refractivity contribution < 1.29 is 39.6 Å². The summed E-state index contributed by atoms with van der Waals surface area (Å²) in [6, 6.07) is 24.4. The van der Waals surface area contributed by atoms with Gasteiger partial charge in [0.05, 0.1) is 120 Å². The maximum atomic E-state index is 12.9. The van der Waals surface area contributed by atoms with E-state index in [9.17, 15) is 39.6 Å². The van der Waals surface area contributed by atoms with Gasteiger partial charge in [-0.2, -0.15) is 38.5 Å². The van der Waals surface area contributed by atoms with Crippen LogP contribution in [0.1, 0.15) is 117 Å². The fourth-order valence-corrected chi connectivity index (χ4v) is 19.0. The summed E-state index contributed by atoms with van der Waals surface area (Å²) in [7, 11) is 15.7. The molecule has 0 bridgehead atoms. The smallest absolute Gasteiger partial charge is 0.257 e. The van der Waals surface area contributed by atoms with Crippen LogP contribution in [0.15, 0.2) is 147 Å². The molecule has 8 aliphatic rings. The first-order chi connectivity index (χ1) is 64.1. The van der Waals surface area contributed by atoms with Crippen molar-refractivity contribution in [1.82, 2.24) is 137 Å². The van der Waals surface area contributed by atoms with Crippen LogP contribution < -0.4 is 42.5 Å². The molecule has 8 fully saturated rings. The normalized spacial score (nSPS) is 21.2. The third kappa shape index (κ3) is 15.2. The van der Waals surface area contributed by atoms with Gasteiger partial charge in [-0.15, -0.1) is 0 Å². The monoisotopic (exact) mass is 1780 g/mol. The molecular weight excluding hydrogens is 1680 g/mol. The molecule has 12 N–H and O–H groups in total. The van der Waals surface area contributed by atoms with Crippen molar-refractivity contribution in [3.8, 4) is 45.0 Å². The van der Waals surface area contributed by atoms with E-state index in [1.54, 1.807) is 18.1 Å². The van der Waals surface area contributed by atoms with E-state index in [2.05, 4.69) is 198 Å². The quantitative estimate of drug-likeness (QED) is 0.0409. The number of nitrogens with one attached hydrogen (secondary N) is 8. The van der Waals surface area contributed by atoms with Crippen LogP contribution in [-0.4, -0.2) is 318 Å². The highest BCUT2D eigenvalue weighted by atomic mass is 16.3. The highest BCUT2D eigenvalue weighted by Crippen LogP contribution is 2.41. The first-order valence-electron chi connectivity index (χ1n) is 44.9. The first-order valence-corrected chi connectivity index (χ1v) is 44.9. The topological polar surface area (TPSA) is 450 Å².